The summed E-state index contributed by atoms with van der Waals surface area (Å²) in [5, 5.41) is 0. The molecule has 0 saturated carbocycles. The molecular formula is C23H29N3O2. The molecule has 2 aliphatic heterocycles. The fourth-order valence-corrected chi connectivity index (χ4v) is 4.63. The molecule has 0 spiro atoms. The Kier molecular flexibility index (Phi) is 5.21. The van der Waals surface area contributed by atoms with Gasteiger partial charge in [-0.05, 0) is 63.2 Å². The molecule has 5 heteroatoms. The molecule has 1 aromatic carbocycles. The van der Waals surface area contributed by atoms with Crippen molar-refractivity contribution in [3.8, 4) is 11.1 Å². The fraction of sp³-hybridized carbons (Fsp3) is 0.478. The average Bonchev–Trinajstić information content (AvgIpc) is 2.71. The Labute approximate surface area is 166 Å². The van der Waals surface area contributed by atoms with E-state index >= 15 is 0 Å². The van der Waals surface area contributed by atoms with Gasteiger partial charge in [-0.25, -0.2) is 0 Å². The van der Waals surface area contributed by atoms with Gasteiger partial charge in [0.1, 0.15) is 0 Å². The number of hydrogen-bond donors (Lipinski definition) is 0. The maximum Gasteiger partial charge on any atom is 0.258 e. The predicted octanol–water partition coefficient (Wildman–Crippen LogP) is 2.71. The van der Waals surface area contributed by atoms with Crippen molar-refractivity contribution >= 4 is 5.78 Å². The van der Waals surface area contributed by atoms with Crippen LogP contribution in [0.2, 0.25) is 0 Å². The maximum atomic E-state index is 13.0. The lowest BCUT2D eigenvalue weighted by Gasteiger charge is -2.40. The van der Waals surface area contributed by atoms with Crippen molar-refractivity contribution in [2.75, 3.05) is 26.7 Å². The van der Waals surface area contributed by atoms with Gasteiger partial charge in [-0.15, -0.1) is 0 Å². The minimum atomic E-state index is 0.0186. The number of piperidine rings is 1. The summed E-state index contributed by atoms with van der Waals surface area (Å²) < 4.78 is 1.82. The largest absolute Gasteiger partial charge is 0.315 e. The molecule has 1 fully saturated rings. The summed E-state index contributed by atoms with van der Waals surface area (Å²) in [4.78, 5) is 29.8. The highest BCUT2D eigenvalue weighted by Gasteiger charge is 2.28. The molecule has 0 radical (unpaired) electrons. The van der Waals surface area contributed by atoms with Crippen LogP contribution in [-0.2, 0) is 20.0 Å². The van der Waals surface area contributed by atoms with Gasteiger partial charge >= 0.3 is 0 Å². The summed E-state index contributed by atoms with van der Waals surface area (Å²) in [7, 11) is 4.07. The third-order valence-electron chi connectivity index (χ3n) is 6.42. The Balaban J connectivity index is 1.68. The van der Waals surface area contributed by atoms with E-state index in [9.17, 15) is 9.59 Å². The number of aromatic nitrogens is 1. The Morgan fingerprint density at radius 1 is 1.07 bits per heavy atom. The van der Waals surface area contributed by atoms with Gasteiger partial charge in [0.15, 0.2) is 5.78 Å². The van der Waals surface area contributed by atoms with E-state index in [-0.39, 0.29) is 11.3 Å². The molecule has 2 aromatic rings. The van der Waals surface area contributed by atoms with Crippen LogP contribution in [0.1, 0.15) is 41.4 Å². The summed E-state index contributed by atoms with van der Waals surface area (Å²) in [5.41, 5.74) is 4.58. The fourth-order valence-electron chi connectivity index (χ4n) is 4.63. The SMILES string of the molecule is CC(=O)c1cccc(-c2cc3c(n(C)c2=O)CCN(C2CCN(C)CC2)C3)c1. The van der Waals surface area contributed by atoms with Crippen LogP contribution in [0, 0.1) is 0 Å². The van der Waals surface area contributed by atoms with Crippen LogP contribution in [0.15, 0.2) is 35.1 Å². The van der Waals surface area contributed by atoms with E-state index in [1.165, 1.54) is 18.4 Å². The summed E-state index contributed by atoms with van der Waals surface area (Å²) in [6, 6.07) is 10.1. The lowest BCUT2D eigenvalue weighted by molar-refractivity contribution is 0.101. The minimum absolute atomic E-state index is 0.0186. The van der Waals surface area contributed by atoms with Crippen LogP contribution in [0.3, 0.4) is 0 Å². The van der Waals surface area contributed by atoms with Gasteiger partial charge < -0.3 is 9.47 Å². The van der Waals surface area contributed by atoms with Crippen molar-refractivity contribution in [2.24, 2.45) is 7.05 Å². The Hall–Kier alpha value is -2.24. The van der Waals surface area contributed by atoms with Crippen LogP contribution in [-0.4, -0.2) is 52.9 Å². The molecule has 0 bridgehead atoms. The van der Waals surface area contributed by atoms with Crippen LogP contribution in [0.4, 0.5) is 0 Å². The van der Waals surface area contributed by atoms with Crippen LogP contribution < -0.4 is 5.56 Å². The highest BCUT2D eigenvalue weighted by Crippen LogP contribution is 2.27. The number of nitrogens with zero attached hydrogens (tertiary/aromatic N) is 3. The summed E-state index contributed by atoms with van der Waals surface area (Å²) in [6.45, 7) is 5.80. The number of rotatable bonds is 3. The molecule has 1 saturated heterocycles. The van der Waals surface area contributed by atoms with Crippen molar-refractivity contribution in [3.05, 3.63) is 57.5 Å². The second-order valence-electron chi connectivity index (χ2n) is 8.29. The van der Waals surface area contributed by atoms with E-state index in [0.717, 1.165) is 43.9 Å². The third-order valence-corrected chi connectivity index (χ3v) is 6.42. The topological polar surface area (TPSA) is 45.6 Å². The zero-order valence-corrected chi connectivity index (χ0v) is 17.1. The molecule has 148 valence electrons. The third kappa shape index (κ3) is 3.56. The molecule has 3 heterocycles. The molecule has 4 rings (SSSR count). The first-order chi connectivity index (χ1) is 13.4. The number of likely N-dealkylation sites (tertiary alicyclic amines) is 1. The summed E-state index contributed by atoms with van der Waals surface area (Å²) in [6.07, 6.45) is 3.34. The van der Waals surface area contributed by atoms with Gasteiger partial charge in [0, 0.05) is 49.4 Å². The van der Waals surface area contributed by atoms with E-state index in [1.807, 2.05) is 29.8 Å². The van der Waals surface area contributed by atoms with Gasteiger partial charge in [0.25, 0.3) is 5.56 Å². The molecular weight excluding hydrogens is 350 g/mol. The highest BCUT2D eigenvalue weighted by atomic mass is 16.1. The van der Waals surface area contributed by atoms with Crippen LogP contribution >= 0.6 is 0 Å². The number of fused-ring (bicyclic) bond motifs is 1. The normalized spacial score (nSPS) is 18.8. The Bertz CT molecular complexity index is 955. The van der Waals surface area contributed by atoms with Crippen molar-refractivity contribution in [1.82, 2.24) is 14.4 Å². The molecule has 0 atom stereocenters. The second-order valence-corrected chi connectivity index (χ2v) is 8.29. The van der Waals surface area contributed by atoms with Crippen molar-refractivity contribution in [1.29, 1.82) is 0 Å². The van der Waals surface area contributed by atoms with E-state index in [2.05, 4.69) is 22.9 Å². The van der Waals surface area contributed by atoms with Crippen LogP contribution in [0.5, 0.6) is 0 Å². The van der Waals surface area contributed by atoms with E-state index < -0.39 is 0 Å². The molecule has 28 heavy (non-hydrogen) atoms. The van der Waals surface area contributed by atoms with Crippen LogP contribution in [0.25, 0.3) is 11.1 Å². The zero-order valence-electron chi connectivity index (χ0n) is 17.1. The number of carbonyl (C=O) groups excluding carboxylic acids is 1. The van der Waals surface area contributed by atoms with E-state index in [0.29, 0.717) is 17.2 Å². The smallest absolute Gasteiger partial charge is 0.258 e. The van der Waals surface area contributed by atoms with Crippen molar-refractivity contribution in [3.63, 3.8) is 0 Å². The summed E-state index contributed by atoms with van der Waals surface area (Å²) in [5.74, 6) is 0.0186. The maximum absolute atomic E-state index is 13.0. The first-order valence-electron chi connectivity index (χ1n) is 10.2. The molecule has 0 aliphatic carbocycles. The lowest BCUT2D eigenvalue weighted by Crippen LogP contribution is -2.46. The van der Waals surface area contributed by atoms with Gasteiger partial charge in [0.05, 0.1) is 0 Å². The lowest BCUT2D eigenvalue weighted by atomic mass is 9.95. The van der Waals surface area contributed by atoms with E-state index in [1.54, 1.807) is 13.0 Å². The Morgan fingerprint density at radius 2 is 1.82 bits per heavy atom. The number of carbonyl (C=O) groups is 1. The van der Waals surface area contributed by atoms with Crippen molar-refractivity contribution in [2.45, 2.75) is 38.8 Å². The number of ketones is 1. The van der Waals surface area contributed by atoms with Gasteiger partial charge in [0.2, 0.25) is 0 Å². The Morgan fingerprint density at radius 3 is 2.54 bits per heavy atom. The molecule has 0 unspecified atom stereocenters. The standard InChI is InChI=1S/C23H29N3O2/c1-16(27)17-5-4-6-18(13-17)21-14-19-15-26(20-7-10-24(2)11-8-20)12-9-22(19)25(3)23(21)28/h4-6,13-14,20H,7-12,15H2,1-3H3. The number of benzene rings is 1. The van der Waals surface area contributed by atoms with Crippen molar-refractivity contribution < 1.29 is 4.79 Å². The zero-order chi connectivity index (χ0) is 19.8. The number of hydrogen-bond acceptors (Lipinski definition) is 4. The molecule has 2 aliphatic rings. The molecule has 1 aromatic heterocycles. The highest BCUT2D eigenvalue weighted by molar-refractivity contribution is 5.95. The molecule has 5 nitrogen and oxygen atoms in total. The minimum Gasteiger partial charge on any atom is -0.315 e. The first kappa shape index (κ1) is 19.1. The quantitative estimate of drug-likeness (QED) is 0.770. The van der Waals surface area contributed by atoms with Gasteiger partial charge in [-0.2, -0.15) is 0 Å². The number of Topliss-reactive ketones (excluding diaryl/α,β-unsaturated/α-hetero) is 1. The molecule has 0 N–H and O–H groups in total. The average molecular weight is 380 g/mol. The van der Waals surface area contributed by atoms with E-state index in [4.69, 9.17) is 0 Å². The monoisotopic (exact) mass is 379 g/mol. The van der Waals surface area contributed by atoms with Gasteiger partial charge in [-0.1, -0.05) is 18.2 Å². The second kappa shape index (κ2) is 7.64. The predicted molar refractivity (Wildman–Crippen MR) is 112 cm³/mol. The first-order valence-corrected chi connectivity index (χ1v) is 10.2. The number of pyridine rings is 1. The van der Waals surface area contributed by atoms with Gasteiger partial charge in [-0.3, -0.25) is 14.5 Å². The molecule has 0 amide bonds. The summed E-state index contributed by atoms with van der Waals surface area (Å²) >= 11 is 0.